The molecule has 1 aliphatic rings. The minimum absolute atomic E-state index is 0.513. The van der Waals surface area contributed by atoms with Gasteiger partial charge in [0.15, 0.2) is 0 Å². The zero-order valence-corrected chi connectivity index (χ0v) is 13.4. The zero-order valence-electron chi connectivity index (χ0n) is 12.5. The fraction of sp³-hybridized carbons (Fsp3) is 0.500. The highest BCUT2D eigenvalue weighted by Crippen LogP contribution is 2.39. The van der Waals surface area contributed by atoms with Crippen LogP contribution in [0, 0.1) is 11.8 Å². The number of anilines is 2. The molecule has 1 aliphatic carbocycles. The first-order chi connectivity index (χ1) is 10.1. The molecule has 0 aromatic carbocycles. The fourth-order valence-corrected chi connectivity index (χ4v) is 4.25. The van der Waals surface area contributed by atoms with Gasteiger partial charge in [-0.25, -0.2) is 0 Å². The molecule has 2 atom stereocenters. The second-order valence-corrected chi connectivity index (χ2v) is 7.05. The molecule has 3 N–H and O–H groups in total. The summed E-state index contributed by atoms with van der Waals surface area (Å²) in [5.41, 5.74) is 8.09. The third-order valence-corrected chi connectivity index (χ3v) is 4.97. The van der Waals surface area contributed by atoms with Crippen molar-refractivity contribution in [2.45, 2.75) is 39.2 Å². The van der Waals surface area contributed by atoms with Crippen LogP contribution in [0.1, 0.15) is 33.1 Å². The molecule has 1 fully saturated rings. The Morgan fingerprint density at radius 3 is 2.67 bits per heavy atom. The van der Waals surface area contributed by atoms with Crippen molar-refractivity contribution in [1.29, 1.82) is 0 Å². The molecule has 2 aromatic heterocycles. The molecule has 2 unspecified atom stereocenters. The molecule has 0 amide bonds. The Kier molecular flexibility index (Phi) is 4.10. The van der Waals surface area contributed by atoms with Crippen molar-refractivity contribution in [3.05, 3.63) is 24.5 Å². The van der Waals surface area contributed by atoms with Crippen LogP contribution in [-0.2, 0) is 0 Å². The van der Waals surface area contributed by atoms with Gasteiger partial charge in [0.1, 0.15) is 10.8 Å². The summed E-state index contributed by atoms with van der Waals surface area (Å²) < 4.78 is 4.33. The lowest BCUT2D eigenvalue weighted by atomic mass is 9.80. The maximum atomic E-state index is 6.06. The van der Waals surface area contributed by atoms with Crippen LogP contribution in [0.3, 0.4) is 0 Å². The number of rotatable bonds is 3. The lowest BCUT2D eigenvalue weighted by Gasteiger charge is -2.32. The van der Waals surface area contributed by atoms with E-state index in [1.807, 2.05) is 18.3 Å². The van der Waals surface area contributed by atoms with E-state index in [0.29, 0.717) is 11.9 Å². The molecule has 21 heavy (non-hydrogen) atoms. The van der Waals surface area contributed by atoms with Gasteiger partial charge in [0, 0.05) is 24.0 Å². The summed E-state index contributed by atoms with van der Waals surface area (Å²) in [6.07, 6.45) is 7.39. The lowest BCUT2D eigenvalue weighted by Crippen LogP contribution is -2.30. The average molecular weight is 302 g/mol. The van der Waals surface area contributed by atoms with Crippen LogP contribution in [0.25, 0.3) is 11.1 Å². The predicted octanol–water partition coefficient (Wildman–Crippen LogP) is 4.02. The van der Waals surface area contributed by atoms with E-state index >= 15 is 0 Å². The molecule has 5 heteroatoms. The third-order valence-electron chi connectivity index (χ3n) is 4.18. The van der Waals surface area contributed by atoms with Crippen LogP contribution >= 0.6 is 11.5 Å². The first-order valence-corrected chi connectivity index (χ1v) is 8.33. The average Bonchev–Trinajstić information content (AvgIpc) is 2.79. The van der Waals surface area contributed by atoms with Gasteiger partial charge >= 0.3 is 0 Å². The van der Waals surface area contributed by atoms with Crippen molar-refractivity contribution in [3.8, 4) is 11.1 Å². The monoisotopic (exact) mass is 302 g/mol. The molecular weight excluding hydrogens is 280 g/mol. The summed E-state index contributed by atoms with van der Waals surface area (Å²) in [6, 6.07) is 4.48. The molecule has 1 saturated carbocycles. The van der Waals surface area contributed by atoms with Gasteiger partial charge in [-0.05, 0) is 48.7 Å². The normalized spacial score (nSPS) is 25.7. The van der Waals surface area contributed by atoms with Gasteiger partial charge in [0.2, 0.25) is 0 Å². The zero-order chi connectivity index (χ0) is 14.8. The van der Waals surface area contributed by atoms with Crippen molar-refractivity contribution in [2.75, 3.05) is 11.1 Å². The molecule has 0 radical (unpaired) electrons. The molecule has 0 saturated heterocycles. The van der Waals surface area contributed by atoms with Crippen LogP contribution in [0.15, 0.2) is 24.5 Å². The largest absolute Gasteiger partial charge is 0.382 e. The Morgan fingerprint density at radius 2 is 2.00 bits per heavy atom. The summed E-state index contributed by atoms with van der Waals surface area (Å²) in [4.78, 5) is 4.19. The van der Waals surface area contributed by atoms with E-state index in [1.165, 1.54) is 30.8 Å². The molecule has 0 aliphatic heterocycles. The van der Waals surface area contributed by atoms with Crippen molar-refractivity contribution in [3.63, 3.8) is 0 Å². The summed E-state index contributed by atoms with van der Waals surface area (Å²) in [5.74, 6) is 2.14. The van der Waals surface area contributed by atoms with E-state index in [1.54, 1.807) is 6.20 Å². The highest BCUT2D eigenvalue weighted by molar-refractivity contribution is 7.11. The van der Waals surface area contributed by atoms with Gasteiger partial charge in [-0.15, -0.1) is 0 Å². The topological polar surface area (TPSA) is 63.8 Å². The highest BCUT2D eigenvalue weighted by Gasteiger charge is 2.25. The van der Waals surface area contributed by atoms with E-state index in [2.05, 4.69) is 28.5 Å². The van der Waals surface area contributed by atoms with E-state index < -0.39 is 0 Å². The SMILES string of the molecule is CC1CC(C)CC(Nc2snc(N)c2-c2cccnc2)C1. The third kappa shape index (κ3) is 3.18. The number of nitrogens with zero attached hydrogens (tertiary/aromatic N) is 2. The predicted molar refractivity (Wildman–Crippen MR) is 89.3 cm³/mol. The number of aromatic nitrogens is 2. The maximum Gasteiger partial charge on any atom is 0.147 e. The van der Waals surface area contributed by atoms with Crippen LogP contribution in [0.4, 0.5) is 10.8 Å². The molecular formula is C16H22N4S. The molecule has 0 bridgehead atoms. The standard InChI is InChI=1S/C16H22N4S/c1-10-6-11(2)8-13(7-10)19-16-14(15(17)20-21-16)12-4-3-5-18-9-12/h3-5,9-11,13,19H,6-8H2,1-2H3,(H2,17,20). The van der Waals surface area contributed by atoms with Gasteiger partial charge in [-0.3, -0.25) is 4.98 Å². The second-order valence-electron chi connectivity index (χ2n) is 6.27. The van der Waals surface area contributed by atoms with E-state index in [4.69, 9.17) is 5.73 Å². The maximum absolute atomic E-state index is 6.06. The number of hydrogen-bond acceptors (Lipinski definition) is 5. The Labute approximate surface area is 130 Å². The first kappa shape index (κ1) is 14.3. The van der Waals surface area contributed by atoms with Gasteiger partial charge in [-0.2, -0.15) is 4.37 Å². The first-order valence-electron chi connectivity index (χ1n) is 7.55. The van der Waals surface area contributed by atoms with Crippen molar-refractivity contribution < 1.29 is 0 Å². The van der Waals surface area contributed by atoms with Crippen molar-refractivity contribution in [2.24, 2.45) is 11.8 Å². The lowest BCUT2D eigenvalue weighted by molar-refractivity contribution is 0.281. The molecule has 3 rings (SSSR count). The summed E-state index contributed by atoms with van der Waals surface area (Å²) in [6.45, 7) is 4.68. The number of pyridine rings is 1. The van der Waals surface area contributed by atoms with Gasteiger partial charge in [0.25, 0.3) is 0 Å². The van der Waals surface area contributed by atoms with Crippen molar-refractivity contribution >= 4 is 22.4 Å². The highest BCUT2D eigenvalue weighted by atomic mass is 32.1. The fourth-order valence-electron chi connectivity index (χ4n) is 3.44. The number of nitrogens with one attached hydrogen (secondary N) is 1. The van der Waals surface area contributed by atoms with Crippen LogP contribution in [0.2, 0.25) is 0 Å². The van der Waals surface area contributed by atoms with Gasteiger partial charge in [-0.1, -0.05) is 19.9 Å². The van der Waals surface area contributed by atoms with Crippen LogP contribution < -0.4 is 11.1 Å². The number of nitrogen functional groups attached to an aromatic ring is 1. The Balaban J connectivity index is 1.84. The van der Waals surface area contributed by atoms with Gasteiger partial charge in [0.05, 0.1) is 5.56 Å². The summed E-state index contributed by atoms with van der Waals surface area (Å²) in [5, 5.41) is 4.75. The Bertz CT molecular complexity index is 586. The molecule has 0 spiro atoms. The number of nitrogens with two attached hydrogens (primary N) is 1. The van der Waals surface area contributed by atoms with Crippen molar-refractivity contribution in [1.82, 2.24) is 9.36 Å². The smallest absolute Gasteiger partial charge is 0.147 e. The number of hydrogen-bond donors (Lipinski definition) is 2. The summed E-state index contributed by atoms with van der Waals surface area (Å²) >= 11 is 1.45. The summed E-state index contributed by atoms with van der Waals surface area (Å²) in [7, 11) is 0. The minimum Gasteiger partial charge on any atom is -0.382 e. The molecule has 112 valence electrons. The van der Waals surface area contributed by atoms with E-state index in [0.717, 1.165) is 28.0 Å². The van der Waals surface area contributed by atoms with E-state index in [-0.39, 0.29) is 0 Å². The quantitative estimate of drug-likeness (QED) is 0.898. The Morgan fingerprint density at radius 1 is 1.24 bits per heavy atom. The van der Waals surface area contributed by atoms with E-state index in [9.17, 15) is 0 Å². The van der Waals surface area contributed by atoms with Crippen LogP contribution in [-0.4, -0.2) is 15.4 Å². The molecule has 4 nitrogen and oxygen atoms in total. The second kappa shape index (κ2) is 6.02. The molecule has 2 heterocycles. The molecule has 2 aromatic rings. The van der Waals surface area contributed by atoms with Gasteiger partial charge < -0.3 is 11.1 Å². The minimum atomic E-state index is 0.513. The van der Waals surface area contributed by atoms with Crippen LogP contribution in [0.5, 0.6) is 0 Å². The Hall–Kier alpha value is -1.62.